The van der Waals surface area contributed by atoms with Gasteiger partial charge in [0.25, 0.3) is 5.91 Å². The topological polar surface area (TPSA) is 66.6 Å². The predicted molar refractivity (Wildman–Crippen MR) is 81.3 cm³/mol. The second-order valence-electron chi connectivity index (χ2n) is 4.69. The molecule has 1 aliphatic heterocycles. The second kappa shape index (κ2) is 5.29. The average molecular weight is 304 g/mol. The zero-order valence-corrected chi connectivity index (χ0v) is 11.9. The van der Waals surface area contributed by atoms with E-state index in [1.807, 2.05) is 6.07 Å². The molecule has 0 unspecified atom stereocenters. The van der Waals surface area contributed by atoms with E-state index in [2.05, 4.69) is 0 Å². The van der Waals surface area contributed by atoms with Crippen LogP contribution in [0.25, 0.3) is 0 Å². The summed E-state index contributed by atoms with van der Waals surface area (Å²) in [7, 11) is 0. The number of anilines is 2. The number of nitrogen functional groups attached to an aromatic ring is 1. The van der Waals surface area contributed by atoms with Crippen molar-refractivity contribution in [2.75, 3.05) is 22.9 Å². The molecule has 0 fully saturated rings. The van der Waals surface area contributed by atoms with E-state index in [0.717, 1.165) is 28.5 Å². The van der Waals surface area contributed by atoms with Crippen LogP contribution in [0.4, 0.5) is 15.8 Å². The molecule has 0 aliphatic carbocycles. The molecule has 4 nitrogen and oxygen atoms in total. The van der Waals surface area contributed by atoms with Crippen molar-refractivity contribution in [3.8, 4) is 5.75 Å². The summed E-state index contributed by atoms with van der Waals surface area (Å²) in [6, 6.07) is 8.78. The lowest BCUT2D eigenvalue weighted by atomic mass is 10.1. The van der Waals surface area contributed by atoms with Crippen molar-refractivity contribution in [2.24, 2.45) is 0 Å². The summed E-state index contributed by atoms with van der Waals surface area (Å²) >= 11 is 1.65. The van der Waals surface area contributed by atoms with E-state index in [-0.39, 0.29) is 17.2 Å². The van der Waals surface area contributed by atoms with Crippen molar-refractivity contribution in [1.82, 2.24) is 0 Å². The first-order valence-electron chi connectivity index (χ1n) is 6.39. The first-order valence-corrected chi connectivity index (χ1v) is 7.37. The normalized spacial score (nSPS) is 13.9. The standard InChI is InChI=1S/C15H13FN2O2S/c16-9-1-3-11(13(19)7-9)15(20)18-5-6-21-14-4-2-10(17)8-12(14)18/h1-4,7-8,19H,5-6,17H2. The number of halogens is 1. The monoisotopic (exact) mass is 304 g/mol. The number of nitrogens with two attached hydrogens (primary N) is 1. The fourth-order valence-corrected chi connectivity index (χ4v) is 3.25. The van der Waals surface area contributed by atoms with Gasteiger partial charge in [0.1, 0.15) is 11.6 Å². The maximum Gasteiger partial charge on any atom is 0.262 e. The molecule has 21 heavy (non-hydrogen) atoms. The highest BCUT2D eigenvalue weighted by atomic mass is 32.2. The number of carbonyl (C=O) groups excluding carboxylic acids is 1. The van der Waals surface area contributed by atoms with Gasteiger partial charge in [0.2, 0.25) is 0 Å². The Morgan fingerprint density at radius 1 is 1.29 bits per heavy atom. The molecule has 1 aliphatic rings. The predicted octanol–water partition coefficient (Wildman–Crippen LogP) is 2.87. The molecule has 2 aromatic rings. The zero-order chi connectivity index (χ0) is 15.0. The van der Waals surface area contributed by atoms with Crippen LogP contribution in [0.3, 0.4) is 0 Å². The molecule has 0 spiro atoms. The van der Waals surface area contributed by atoms with Crippen LogP contribution in [0, 0.1) is 5.82 Å². The Balaban J connectivity index is 2.02. The molecule has 3 rings (SSSR count). The summed E-state index contributed by atoms with van der Waals surface area (Å²) in [6.07, 6.45) is 0. The summed E-state index contributed by atoms with van der Waals surface area (Å²) in [6.45, 7) is 0.511. The van der Waals surface area contributed by atoms with Gasteiger partial charge in [-0.2, -0.15) is 0 Å². The van der Waals surface area contributed by atoms with Gasteiger partial charge >= 0.3 is 0 Å². The Hall–Kier alpha value is -2.21. The average Bonchev–Trinajstić information content (AvgIpc) is 2.46. The number of hydrogen-bond donors (Lipinski definition) is 2. The van der Waals surface area contributed by atoms with E-state index >= 15 is 0 Å². The number of amides is 1. The third-order valence-electron chi connectivity index (χ3n) is 3.28. The number of nitrogens with zero attached hydrogens (tertiary/aromatic N) is 1. The first kappa shape index (κ1) is 13.8. The minimum absolute atomic E-state index is 0.0803. The Morgan fingerprint density at radius 3 is 2.86 bits per heavy atom. The van der Waals surface area contributed by atoms with Gasteiger partial charge in [-0.15, -0.1) is 11.8 Å². The largest absolute Gasteiger partial charge is 0.507 e. The Kier molecular flexibility index (Phi) is 3.47. The number of benzene rings is 2. The molecule has 2 aromatic carbocycles. The molecule has 0 saturated heterocycles. The fraction of sp³-hybridized carbons (Fsp3) is 0.133. The van der Waals surface area contributed by atoms with Crippen molar-refractivity contribution in [2.45, 2.75) is 4.90 Å². The Bertz CT molecular complexity index is 721. The molecule has 0 bridgehead atoms. The van der Waals surface area contributed by atoms with Crippen molar-refractivity contribution in [1.29, 1.82) is 0 Å². The number of thioether (sulfide) groups is 1. The van der Waals surface area contributed by atoms with Crippen LogP contribution < -0.4 is 10.6 Å². The van der Waals surface area contributed by atoms with Crippen LogP contribution in [-0.2, 0) is 0 Å². The number of aromatic hydroxyl groups is 1. The third-order valence-corrected chi connectivity index (χ3v) is 4.32. The van der Waals surface area contributed by atoms with Gasteiger partial charge in [-0.25, -0.2) is 4.39 Å². The van der Waals surface area contributed by atoms with Crippen molar-refractivity contribution in [3.05, 3.63) is 47.8 Å². The molecule has 108 valence electrons. The summed E-state index contributed by atoms with van der Waals surface area (Å²) in [5.74, 6) is -0.545. The van der Waals surface area contributed by atoms with E-state index in [1.165, 1.54) is 6.07 Å². The van der Waals surface area contributed by atoms with Gasteiger partial charge < -0.3 is 15.7 Å². The maximum absolute atomic E-state index is 13.0. The van der Waals surface area contributed by atoms with Crippen molar-refractivity contribution >= 4 is 29.0 Å². The molecule has 0 atom stereocenters. The zero-order valence-electron chi connectivity index (χ0n) is 11.0. The highest BCUT2D eigenvalue weighted by molar-refractivity contribution is 7.99. The molecule has 1 heterocycles. The minimum atomic E-state index is -0.581. The maximum atomic E-state index is 13.0. The summed E-state index contributed by atoms with van der Waals surface area (Å²) in [4.78, 5) is 15.1. The second-order valence-corrected chi connectivity index (χ2v) is 5.83. The van der Waals surface area contributed by atoms with Crippen LogP contribution in [0.2, 0.25) is 0 Å². The molecule has 0 radical (unpaired) electrons. The van der Waals surface area contributed by atoms with Crippen LogP contribution in [0.15, 0.2) is 41.3 Å². The first-order chi connectivity index (χ1) is 10.1. The summed E-state index contributed by atoms with van der Waals surface area (Å²) in [5, 5.41) is 9.78. The van der Waals surface area contributed by atoms with E-state index in [1.54, 1.807) is 28.8 Å². The number of phenolic OH excluding ortho intramolecular Hbond substituents is 1. The van der Waals surface area contributed by atoms with E-state index in [0.29, 0.717) is 12.2 Å². The van der Waals surface area contributed by atoms with E-state index in [9.17, 15) is 14.3 Å². The number of fused-ring (bicyclic) bond motifs is 1. The minimum Gasteiger partial charge on any atom is -0.507 e. The highest BCUT2D eigenvalue weighted by Crippen LogP contribution is 2.37. The number of rotatable bonds is 1. The Morgan fingerprint density at radius 2 is 2.10 bits per heavy atom. The molecule has 1 amide bonds. The van der Waals surface area contributed by atoms with Gasteiger partial charge in [-0.1, -0.05) is 0 Å². The lowest BCUT2D eigenvalue weighted by molar-refractivity contribution is 0.0985. The third kappa shape index (κ3) is 2.54. The molecule has 0 aromatic heterocycles. The summed E-state index contributed by atoms with van der Waals surface area (Å²) < 4.78 is 13.0. The fourth-order valence-electron chi connectivity index (χ4n) is 2.28. The van der Waals surface area contributed by atoms with Gasteiger partial charge in [-0.05, 0) is 30.3 Å². The lowest BCUT2D eigenvalue weighted by Crippen LogP contribution is -2.35. The molecule has 3 N–H and O–H groups in total. The van der Waals surface area contributed by atoms with E-state index in [4.69, 9.17) is 5.73 Å². The molecular formula is C15H13FN2O2S. The van der Waals surface area contributed by atoms with Gasteiger partial charge in [0.05, 0.1) is 11.3 Å². The number of phenols is 1. The smallest absolute Gasteiger partial charge is 0.262 e. The van der Waals surface area contributed by atoms with Gasteiger partial charge in [0.15, 0.2) is 0 Å². The van der Waals surface area contributed by atoms with Crippen LogP contribution >= 0.6 is 11.8 Å². The quantitative estimate of drug-likeness (QED) is 0.795. The van der Waals surface area contributed by atoms with Gasteiger partial charge in [0, 0.05) is 28.9 Å². The van der Waals surface area contributed by atoms with Crippen molar-refractivity contribution < 1.29 is 14.3 Å². The Labute approximate surface area is 125 Å². The lowest BCUT2D eigenvalue weighted by Gasteiger charge is -2.29. The number of carbonyl (C=O) groups is 1. The highest BCUT2D eigenvalue weighted by Gasteiger charge is 2.26. The van der Waals surface area contributed by atoms with Crippen molar-refractivity contribution in [3.63, 3.8) is 0 Å². The van der Waals surface area contributed by atoms with Gasteiger partial charge in [-0.3, -0.25) is 4.79 Å². The molecule has 6 heteroatoms. The van der Waals surface area contributed by atoms with Crippen LogP contribution in [0.1, 0.15) is 10.4 Å². The SMILES string of the molecule is Nc1ccc2c(c1)N(C(=O)c1ccc(F)cc1O)CCS2. The van der Waals surface area contributed by atoms with Crippen LogP contribution in [-0.4, -0.2) is 23.3 Å². The molecule has 0 saturated carbocycles. The molecular weight excluding hydrogens is 291 g/mol. The summed E-state index contributed by atoms with van der Waals surface area (Å²) in [5.41, 5.74) is 7.16. The van der Waals surface area contributed by atoms with E-state index < -0.39 is 5.82 Å². The van der Waals surface area contributed by atoms with Crippen LogP contribution in [0.5, 0.6) is 5.75 Å². The number of hydrogen-bond acceptors (Lipinski definition) is 4.